The number of halogens is 2. The van der Waals surface area contributed by atoms with Crippen molar-refractivity contribution in [2.45, 2.75) is 13.5 Å². The Bertz CT molecular complexity index is 851. The molecule has 3 rings (SSSR count). The van der Waals surface area contributed by atoms with Crippen molar-refractivity contribution >= 4 is 11.6 Å². The zero-order chi connectivity index (χ0) is 15.7. The molecule has 0 aliphatic rings. The van der Waals surface area contributed by atoms with Gasteiger partial charge in [-0.25, -0.2) is 18.4 Å². The maximum Gasteiger partial charge on any atom is 0.350 e. The Kier molecular flexibility index (Phi) is 3.81. The Morgan fingerprint density at radius 2 is 1.73 bits per heavy atom. The van der Waals surface area contributed by atoms with Crippen LogP contribution in [-0.4, -0.2) is 14.3 Å². The van der Waals surface area contributed by atoms with E-state index in [2.05, 4.69) is 5.10 Å². The van der Waals surface area contributed by atoms with Gasteiger partial charge < -0.3 is 0 Å². The number of hydrogen-bond donors (Lipinski definition) is 0. The lowest BCUT2D eigenvalue weighted by Gasteiger charge is -2.02. The fraction of sp³-hybridized carbons (Fsp3) is 0.125. The largest absolute Gasteiger partial charge is 0.350 e. The van der Waals surface area contributed by atoms with E-state index in [1.165, 1.54) is 21.4 Å². The van der Waals surface area contributed by atoms with Crippen LogP contribution in [0.4, 0.5) is 4.39 Å². The molecule has 4 nitrogen and oxygen atoms in total. The molecule has 0 radical (unpaired) electrons. The Hall–Kier alpha value is -2.40. The van der Waals surface area contributed by atoms with Crippen LogP contribution in [0.3, 0.4) is 0 Å². The summed E-state index contributed by atoms with van der Waals surface area (Å²) in [6.45, 7) is 2.09. The fourth-order valence-electron chi connectivity index (χ4n) is 2.27. The minimum atomic E-state index is -0.344. The van der Waals surface area contributed by atoms with Crippen molar-refractivity contribution in [3.63, 3.8) is 0 Å². The Morgan fingerprint density at radius 3 is 2.36 bits per heavy atom. The average molecular weight is 318 g/mol. The third kappa shape index (κ3) is 2.80. The Morgan fingerprint density at radius 1 is 1.09 bits per heavy atom. The number of nitrogens with zero attached hydrogens (tertiary/aromatic N) is 3. The van der Waals surface area contributed by atoms with Gasteiger partial charge >= 0.3 is 5.69 Å². The summed E-state index contributed by atoms with van der Waals surface area (Å²) in [5.41, 5.74) is 1.25. The summed E-state index contributed by atoms with van der Waals surface area (Å²) in [6.07, 6.45) is 0. The molecule has 0 saturated carbocycles. The summed E-state index contributed by atoms with van der Waals surface area (Å²) in [5, 5.41) is 4.91. The molecule has 22 heavy (non-hydrogen) atoms. The third-order valence-corrected chi connectivity index (χ3v) is 3.58. The summed E-state index contributed by atoms with van der Waals surface area (Å²) in [7, 11) is 0. The second-order valence-electron chi connectivity index (χ2n) is 4.93. The standard InChI is InChI=1S/C16H13ClFN3O/c1-11-19-20(10-12-2-4-13(17)5-3-12)16(22)21(11)15-8-6-14(18)7-9-15/h2-9H,10H2,1H3. The van der Waals surface area contributed by atoms with Crippen molar-refractivity contribution in [2.75, 3.05) is 0 Å². The number of benzene rings is 2. The summed E-state index contributed by atoms with van der Waals surface area (Å²) in [6, 6.07) is 13.0. The van der Waals surface area contributed by atoms with Crippen LogP contribution in [0.5, 0.6) is 0 Å². The van der Waals surface area contributed by atoms with Gasteiger partial charge in [0.2, 0.25) is 0 Å². The lowest BCUT2D eigenvalue weighted by atomic mass is 10.2. The Balaban J connectivity index is 1.98. The highest BCUT2D eigenvalue weighted by Gasteiger charge is 2.12. The minimum Gasteiger partial charge on any atom is -0.247 e. The highest BCUT2D eigenvalue weighted by molar-refractivity contribution is 6.30. The van der Waals surface area contributed by atoms with Gasteiger partial charge in [-0.1, -0.05) is 23.7 Å². The van der Waals surface area contributed by atoms with Gasteiger partial charge in [-0.3, -0.25) is 0 Å². The van der Waals surface area contributed by atoms with Crippen molar-refractivity contribution in [1.82, 2.24) is 14.3 Å². The van der Waals surface area contributed by atoms with Crippen molar-refractivity contribution in [1.29, 1.82) is 0 Å². The van der Waals surface area contributed by atoms with E-state index in [9.17, 15) is 9.18 Å². The molecule has 3 aromatic rings. The van der Waals surface area contributed by atoms with E-state index in [0.717, 1.165) is 5.56 Å². The summed E-state index contributed by atoms with van der Waals surface area (Å²) >= 11 is 5.85. The summed E-state index contributed by atoms with van der Waals surface area (Å²) in [4.78, 5) is 12.5. The zero-order valence-electron chi connectivity index (χ0n) is 11.8. The van der Waals surface area contributed by atoms with Crippen LogP contribution in [-0.2, 0) is 6.54 Å². The molecule has 0 atom stereocenters. The molecule has 0 unspecified atom stereocenters. The monoisotopic (exact) mass is 317 g/mol. The summed E-state index contributed by atoms with van der Waals surface area (Å²) < 4.78 is 15.8. The predicted molar refractivity (Wildman–Crippen MR) is 83.1 cm³/mol. The topological polar surface area (TPSA) is 39.8 Å². The van der Waals surface area contributed by atoms with Gasteiger partial charge in [0.25, 0.3) is 0 Å². The SMILES string of the molecule is Cc1nn(Cc2ccc(Cl)cc2)c(=O)n1-c1ccc(F)cc1. The van der Waals surface area contributed by atoms with Gasteiger partial charge in [-0.05, 0) is 48.9 Å². The molecule has 0 saturated heterocycles. The van der Waals surface area contributed by atoms with Crippen molar-refractivity contribution in [3.05, 3.63) is 81.2 Å². The molecule has 2 aromatic carbocycles. The molecule has 0 spiro atoms. The van der Waals surface area contributed by atoms with Crippen LogP contribution in [0, 0.1) is 12.7 Å². The molecule has 0 amide bonds. The van der Waals surface area contributed by atoms with E-state index in [1.807, 2.05) is 12.1 Å². The van der Waals surface area contributed by atoms with Crippen LogP contribution in [0.25, 0.3) is 5.69 Å². The molecule has 1 aromatic heterocycles. The maximum absolute atomic E-state index is 13.0. The van der Waals surface area contributed by atoms with Crippen LogP contribution in [0.1, 0.15) is 11.4 Å². The lowest BCUT2D eigenvalue weighted by molar-refractivity contribution is 0.627. The van der Waals surface area contributed by atoms with E-state index in [0.29, 0.717) is 23.1 Å². The van der Waals surface area contributed by atoms with E-state index >= 15 is 0 Å². The molecule has 0 aliphatic carbocycles. The first-order chi connectivity index (χ1) is 10.5. The van der Waals surface area contributed by atoms with E-state index < -0.39 is 0 Å². The quantitative estimate of drug-likeness (QED) is 0.744. The number of aromatic nitrogens is 3. The smallest absolute Gasteiger partial charge is 0.247 e. The summed E-state index contributed by atoms with van der Waals surface area (Å²) in [5.74, 6) is 0.202. The zero-order valence-corrected chi connectivity index (χ0v) is 12.6. The predicted octanol–water partition coefficient (Wildman–Crippen LogP) is 3.18. The first-order valence-electron chi connectivity index (χ1n) is 6.71. The molecule has 0 bridgehead atoms. The van der Waals surface area contributed by atoms with Crippen molar-refractivity contribution < 1.29 is 4.39 Å². The van der Waals surface area contributed by atoms with Crippen LogP contribution in [0.15, 0.2) is 53.3 Å². The highest BCUT2D eigenvalue weighted by Crippen LogP contribution is 2.11. The second kappa shape index (κ2) is 5.77. The van der Waals surface area contributed by atoms with Gasteiger partial charge in [0, 0.05) is 5.02 Å². The molecule has 112 valence electrons. The molecule has 6 heteroatoms. The second-order valence-corrected chi connectivity index (χ2v) is 5.36. The normalized spacial score (nSPS) is 10.9. The molecular formula is C16H13ClFN3O. The van der Waals surface area contributed by atoms with E-state index in [4.69, 9.17) is 11.6 Å². The van der Waals surface area contributed by atoms with E-state index in [1.54, 1.807) is 31.2 Å². The van der Waals surface area contributed by atoms with Gasteiger partial charge in [0.05, 0.1) is 12.2 Å². The van der Waals surface area contributed by atoms with Gasteiger partial charge in [0.15, 0.2) is 0 Å². The van der Waals surface area contributed by atoms with Gasteiger partial charge in [-0.2, -0.15) is 5.10 Å². The Labute approximate surface area is 131 Å². The molecule has 0 aliphatic heterocycles. The average Bonchev–Trinajstić information content (AvgIpc) is 2.77. The van der Waals surface area contributed by atoms with Crippen LogP contribution < -0.4 is 5.69 Å². The molecule has 0 fully saturated rings. The van der Waals surface area contributed by atoms with Gasteiger partial charge in [0.1, 0.15) is 11.6 Å². The lowest BCUT2D eigenvalue weighted by Crippen LogP contribution is -2.24. The first-order valence-corrected chi connectivity index (χ1v) is 7.09. The number of rotatable bonds is 3. The first kappa shape index (κ1) is 14.5. The number of hydrogen-bond acceptors (Lipinski definition) is 2. The highest BCUT2D eigenvalue weighted by atomic mass is 35.5. The van der Waals surface area contributed by atoms with Crippen molar-refractivity contribution in [2.24, 2.45) is 0 Å². The minimum absolute atomic E-state index is 0.265. The molecular weight excluding hydrogens is 305 g/mol. The molecule has 0 N–H and O–H groups in total. The van der Waals surface area contributed by atoms with Crippen LogP contribution in [0.2, 0.25) is 5.02 Å². The van der Waals surface area contributed by atoms with Crippen molar-refractivity contribution in [3.8, 4) is 5.69 Å². The maximum atomic E-state index is 13.0. The number of aryl methyl sites for hydroxylation is 1. The molecule has 1 heterocycles. The van der Waals surface area contributed by atoms with Gasteiger partial charge in [-0.15, -0.1) is 0 Å². The third-order valence-electron chi connectivity index (χ3n) is 3.33. The van der Waals surface area contributed by atoms with Crippen LogP contribution >= 0.6 is 11.6 Å². The fourth-order valence-corrected chi connectivity index (χ4v) is 2.40. The van der Waals surface area contributed by atoms with E-state index in [-0.39, 0.29) is 11.5 Å².